The normalized spacial score (nSPS) is 26.1. The fraction of sp³-hybridized carbons (Fsp3) is 0.483. The number of rotatable bonds is 3. The molecule has 0 radical (unpaired) electrons. The van der Waals surface area contributed by atoms with Crippen LogP contribution < -0.4 is 4.57 Å². The summed E-state index contributed by atoms with van der Waals surface area (Å²) in [4.78, 5) is 0. The molecule has 0 aliphatic heterocycles. The minimum atomic E-state index is 0.758. The van der Waals surface area contributed by atoms with Gasteiger partial charge >= 0.3 is 0 Å². The minimum Gasteiger partial charge on any atom is -0.200 e. The van der Waals surface area contributed by atoms with Crippen LogP contribution in [0.25, 0.3) is 22.0 Å². The summed E-state index contributed by atoms with van der Waals surface area (Å²) in [6, 6.07) is 17.0. The first-order valence-electron chi connectivity index (χ1n) is 12.2. The lowest BCUT2D eigenvalue weighted by Gasteiger charge is -2.22. The molecule has 3 unspecified atom stereocenters. The fourth-order valence-electron chi connectivity index (χ4n) is 7.02. The molecule has 30 heavy (non-hydrogen) atoms. The van der Waals surface area contributed by atoms with Crippen LogP contribution in [0, 0.1) is 18.8 Å². The van der Waals surface area contributed by atoms with Crippen molar-refractivity contribution in [3.8, 4) is 11.3 Å². The average molecular weight is 397 g/mol. The van der Waals surface area contributed by atoms with Gasteiger partial charge in [-0.25, -0.2) is 4.57 Å². The number of aryl methyl sites for hydroxylation is 2. The lowest BCUT2D eigenvalue weighted by atomic mass is 9.82. The molecule has 1 nitrogen and oxygen atoms in total. The SMILES string of the molecule is Cc1ccc(C2CCCC2)cc1-c1c2ccc(C3CC4CCC3C4)cc2cc[n+]1C. The zero-order valence-corrected chi connectivity index (χ0v) is 18.5. The number of benzene rings is 2. The molecule has 3 aliphatic carbocycles. The third kappa shape index (κ3) is 3.01. The Morgan fingerprint density at radius 1 is 0.833 bits per heavy atom. The Morgan fingerprint density at radius 2 is 1.67 bits per heavy atom. The second-order valence-corrected chi connectivity index (χ2v) is 10.5. The highest BCUT2D eigenvalue weighted by molar-refractivity contribution is 5.94. The summed E-state index contributed by atoms with van der Waals surface area (Å²) in [5.74, 6) is 3.50. The molecule has 0 amide bonds. The van der Waals surface area contributed by atoms with Crippen molar-refractivity contribution in [3.63, 3.8) is 0 Å². The summed E-state index contributed by atoms with van der Waals surface area (Å²) in [5, 5.41) is 2.81. The summed E-state index contributed by atoms with van der Waals surface area (Å²) >= 11 is 0. The maximum Gasteiger partial charge on any atom is 0.220 e. The molecule has 3 saturated carbocycles. The first-order chi connectivity index (χ1) is 14.7. The Morgan fingerprint density at radius 3 is 2.43 bits per heavy atom. The summed E-state index contributed by atoms with van der Waals surface area (Å²) in [5.41, 5.74) is 7.32. The molecule has 3 atom stereocenters. The van der Waals surface area contributed by atoms with Gasteiger partial charge in [-0.2, -0.15) is 0 Å². The van der Waals surface area contributed by atoms with E-state index < -0.39 is 0 Å². The van der Waals surface area contributed by atoms with Gasteiger partial charge in [0, 0.05) is 11.6 Å². The molecule has 1 heteroatoms. The van der Waals surface area contributed by atoms with Crippen molar-refractivity contribution in [1.82, 2.24) is 0 Å². The molecule has 1 heterocycles. The standard InChI is InChI=1S/C29H34N/c1-19-7-9-22(21-5-3-4-6-21)18-27(19)29-26-12-11-24(17-25(26)13-14-30(29)2)28-16-20-8-10-23(28)15-20/h7,9,11-14,17-18,20-21,23,28H,3-6,8,10,15-16H2,1-2H3/q+1. The number of pyridine rings is 1. The van der Waals surface area contributed by atoms with E-state index in [4.69, 9.17) is 0 Å². The Kier molecular flexibility index (Phi) is 4.48. The third-order valence-electron chi connectivity index (χ3n) is 8.67. The van der Waals surface area contributed by atoms with Crippen LogP contribution in [0.5, 0.6) is 0 Å². The van der Waals surface area contributed by atoms with E-state index in [9.17, 15) is 0 Å². The number of nitrogens with zero attached hydrogens (tertiary/aromatic N) is 1. The van der Waals surface area contributed by atoms with Crippen molar-refractivity contribution in [3.05, 3.63) is 65.4 Å². The number of hydrogen-bond donors (Lipinski definition) is 0. The van der Waals surface area contributed by atoms with Crippen molar-refractivity contribution < 1.29 is 4.57 Å². The first-order valence-corrected chi connectivity index (χ1v) is 12.2. The zero-order chi connectivity index (χ0) is 20.2. The Bertz CT molecular complexity index is 1100. The van der Waals surface area contributed by atoms with Gasteiger partial charge < -0.3 is 0 Å². The lowest BCUT2D eigenvalue weighted by Crippen LogP contribution is -2.30. The summed E-state index contributed by atoms with van der Waals surface area (Å²) in [6.07, 6.45) is 13.6. The highest BCUT2D eigenvalue weighted by Gasteiger charge is 2.40. The van der Waals surface area contributed by atoms with Crippen LogP contribution in [-0.4, -0.2) is 0 Å². The highest BCUT2D eigenvalue weighted by Crippen LogP contribution is 2.53. The molecule has 2 bridgehead atoms. The highest BCUT2D eigenvalue weighted by atomic mass is 14.9. The predicted octanol–water partition coefficient (Wildman–Crippen LogP) is 7.20. The van der Waals surface area contributed by atoms with Crippen molar-refractivity contribution in [2.75, 3.05) is 0 Å². The van der Waals surface area contributed by atoms with Crippen LogP contribution in [0.15, 0.2) is 48.7 Å². The van der Waals surface area contributed by atoms with Crippen molar-refractivity contribution in [1.29, 1.82) is 0 Å². The van der Waals surface area contributed by atoms with Crippen LogP contribution in [0.4, 0.5) is 0 Å². The molecule has 0 saturated heterocycles. The van der Waals surface area contributed by atoms with E-state index in [0.29, 0.717) is 0 Å². The molecule has 3 aromatic rings. The van der Waals surface area contributed by atoms with Gasteiger partial charge in [-0.05, 0) is 96.9 Å². The van der Waals surface area contributed by atoms with Gasteiger partial charge in [0.1, 0.15) is 7.05 Å². The van der Waals surface area contributed by atoms with Crippen molar-refractivity contribution >= 4 is 10.8 Å². The van der Waals surface area contributed by atoms with E-state index in [2.05, 4.69) is 67.2 Å². The Balaban J connectivity index is 1.45. The van der Waals surface area contributed by atoms with E-state index in [0.717, 1.165) is 23.7 Å². The molecule has 154 valence electrons. The monoisotopic (exact) mass is 396 g/mol. The van der Waals surface area contributed by atoms with Gasteiger partial charge in [0.2, 0.25) is 5.69 Å². The third-order valence-corrected chi connectivity index (χ3v) is 8.67. The molecule has 3 fully saturated rings. The van der Waals surface area contributed by atoms with Crippen LogP contribution in [0.2, 0.25) is 0 Å². The van der Waals surface area contributed by atoms with Gasteiger partial charge in [-0.1, -0.05) is 43.5 Å². The molecule has 0 N–H and O–H groups in total. The van der Waals surface area contributed by atoms with Crippen LogP contribution in [-0.2, 0) is 7.05 Å². The topological polar surface area (TPSA) is 3.88 Å². The molecule has 1 aromatic heterocycles. The number of fused-ring (bicyclic) bond motifs is 3. The quantitative estimate of drug-likeness (QED) is 0.412. The molecular formula is C29H34N+. The van der Waals surface area contributed by atoms with E-state index >= 15 is 0 Å². The average Bonchev–Trinajstić information content (AvgIpc) is 3.53. The molecule has 2 aromatic carbocycles. The van der Waals surface area contributed by atoms with Crippen LogP contribution in [0.3, 0.4) is 0 Å². The van der Waals surface area contributed by atoms with Crippen LogP contribution >= 0.6 is 0 Å². The Hall–Kier alpha value is -2.15. The van der Waals surface area contributed by atoms with Gasteiger partial charge in [0.05, 0.1) is 5.39 Å². The Labute approximate surface area is 181 Å². The van der Waals surface area contributed by atoms with Crippen molar-refractivity contribution in [2.24, 2.45) is 18.9 Å². The van der Waals surface area contributed by atoms with E-state index in [1.54, 1.807) is 11.1 Å². The minimum absolute atomic E-state index is 0.758. The largest absolute Gasteiger partial charge is 0.220 e. The fourth-order valence-corrected chi connectivity index (χ4v) is 7.02. The second-order valence-electron chi connectivity index (χ2n) is 10.5. The van der Waals surface area contributed by atoms with E-state index in [1.165, 1.54) is 79.0 Å². The molecular weight excluding hydrogens is 362 g/mol. The first kappa shape index (κ1) is 18.6. The van der Waals surface area contributed by atoms with Crippen LogP contribution in [0.1, 0.15) is 79.9 Å². The molecule has 6 rings (SSSR count). The van der Waals surface area contributed by atoms with Gasteiger partial charge in [-0.15, -0.1) is 0 Å². The zero-order valence-electron chi connectivity index (χ0n) is 18.5. The summed E-state index contributed by atoms with van der Waals surface area (Å²) in [7, 11) is 2.21. The van der Waals surface area contributed by atoms with Crippen molar-refractivity contribution in [2.45, 2.75) is 70.1 Å². The van der Waals surface area contributed by atoms with Gasteiger partial charge in [-0.3, -0.25) is 0 Å². The molecule has 0 spiro atoms. The lowest BCUT2D eigenvalue weighted by molar-refractivity contribution is -0.659. The maximum absolute atomic E-state index is 2.51. The van der Waals surface area contributed by atoms with E-state index in [1.807, 2.05) is 0 Å². The van der Waals surface area contributed by atoms with Gasteiger partial charge in [0.25, 0.3) is 0 Å². The smallest absolute Gasteiger partial charge is 0.200 e. The molecule has 3 aliphatic rings. The maximum atomic E-state index is 2.51. The number of hydrogen-bond acceptors (Lipinski definition) is 0. The second kappa shape index (κ2) is 7.22. The summed E-state index contributed by atoms with van der Waals surface area (Å²) < 4.78 is 2.33. The summed E-state index contributed by atoms with van der Waals surface area (Å²) in [6.45, 7) is 2.27. The van der Waals surface area contributed by atoms with Gasteiger partial charge in [0.15, 0.2) is 6.20 Å². The predicted molar refractivity (Wildman–Crippen MR) is 125 cm³/mol. The van der Waals surface area contributed by atoms with E-state index in [-0.39, 0.29) is 0 Å². The number of aromatic nitrogens is 1.